The van der Waals surface area contributed by atoms with Crippen LogP contribution in [-0.2, 0) is 0 Å². The average Bonchev–Trinajstić information content (AvgIpc) is 2.62. The van der Waals surface area contributed by atoms with E-state index in [1.165, 1.54) is 0 Å². The lowest BCUT2D eigenvalue weighted by molar-refractivity contribution is 0.0535. The lowest BCUT2D eigenvalue weighted by Crippen LogP contribution is -2.50. The highest BCUT2D eigenvalue weighted by molar-refractivity contribution is 14.1. The fraction of sp³-hybridized carbons (Fsp3) is 0.222. The van der Waals surface area contributed by atoms with E-state index in [0.717, 1.165) is 3.57 Å². The standard InChI is InChI=1S/C18H17IN2O2/c19-16-8-6-15(7-9-16)18(23)21-12-10-20(11-13-21)17(22)14-4-2-1-3-5-14/h1-9H,10-13H2. The number of piperazine rings is 1. The van der Waals surface area contributed by atoms with Gasteiger partial charge >= 0.3 is 0 Å². The molecular weight excluding hydrogens is 403 g/mol. The SMILES string of the molecule is O=C(c1ccccc1)N1CCN(C(=O)c2ccc(I)cc2)CC1. The van der Waals surface area contributed by atoms with Crippen molar-refractivity contribution >= 4 is 34.4 Å². The number of hydrogen-bond acceptors (Lipinski definition) is 2. The first-order chi connectivity index (χ1) is 11.1. The fourth-order valence-corrected chi connectivity index (χ4v) is 3.01. The molecule has 1 fully saturated rings. The molecule has 1 saturated heterocycles. The van der Waals surface area contributed by atoms with Gasteiger partial charge in [-0.25, -0.2) is 0 Å². The first-order valence-electron chi connectivity index (χ1n) is 7.54. The molecule has 4 nitrogen and oxygen atoms in total. The van der Waals surface area contributed by atoms with Crippen LogP contribution in [0.5, 0.6) is 0 Å². The van der Waals surface area contributed by atoms with Crippen molar-refractivity contribution in [3.63, 3.8) is 0 Å². The van der Waals surface area contributed by atoms with E-state index in [1.807, 2.05) is 64.4 Å². The Morgan fingerprint density at radius 3 is 1.61 bits per heavy atom. The molecule has 2 aromatic carbocycles. The number of hydrogen-bond donors (Lipinski definition) is 0. The Balaban J connectivity index is 1.61. The number of amides is 2. The number of rotatable bonds is 2. The van der Waals surface area contributed by atoms with E-state index in [9.17, 15) is 9.59 Å². The number of carbonyl (C=O) groups excluding carboxylic acids is 2. The molecule has 0 aromatic heterocycles. The monoisotopic (exact) mass is 420 g/mol. The zero-order chi connectivity index (χ0) is 16.2. The highest BCUT2D eigenvalue weighted by atomic mass is 127. The van der Waals surface area contributed by atoms with Crippen molar-refractivity contribution < 1.29 is 9.59 Å². The topological polar surface area (TPSA) is 40.6 Å². The van der Waals surface area contributed by atoms with Crippen LogP contribution in [0.1, 0.15) is 20.7 Å². The van der Waals surface area contributed by atoms with Gasteiger partial charge in [0.25, 0.3) is 11.8 Å². The van der Waals surface area contributed by atoms with Crippen LogP contribution in [0.3, 0.4) is 0 Å². The Labute approximate surface area is 149 Å². The third-order valence-electron chi connectivity index (χ3n) is 3.97. The molecule has 1 aliphatic heterocycles. The lowest BCUT2D eigenvalue weighted by Gasteiger charge is -2.34. The Kier molecular flexibility index (Phi) is 4.95. The summed E-state index contributed by atoms with van der Waals surface area (Å²) in [7, 11) is 0. The van der Waals surface area contributed by atoms with Crippen LogP contribution < -0.4 is 0 Å². The molecule has 0 aliphatic carbocycles. The molecule has 1 aliphatic rings. The fourth-order valence-electron chi connectivity index (χ4n) is 2.65. The molecule has 0 bridgehead atoms. The van der Waals surface area contributed by atoms with Gasteiger partial charge < -0.3 is 9.80 Å². The maximum Gasteiger partial charge on any atom is 0.253 e. The van der Waals surface area contributed by atoms with Gasteiger partial charge in [0.15, 0.2) is 0 Å². The van der Waals surface area contributed by atoms with E-state index in [1.54, 1.807) is 0 Å². The van der Waals surface area contributed by atoms with E-state index in [4.69, 9.17) is 0 Å². The summed E-state index contributed by atoms with van der Waals surface area (Å²) in [6.07, 6.45) is 0. The Morgan fingerprint density at radius 1 is 0.696 bits per heavy atom. The van der Waals surface area contributed by atoms with Crippen LogP contribution in [0.15, 0.2) is 54.6 Å². The van der Waals surface area contributed by atoms with E-state index in [0.29, 0.717) is 37.3 Å². The molecule has 1 heterocycles. The third-order valence-corrected chi connectivity index (χ3v) is 4.69. The van der Waals surface area contributed by atoms with Crippen LogP contribution >= 0.6 is 22.6 Å². The summed E-state index contributed by atoms with van der Waals surface area (Å²) in [6, 6.07) is 16.8. The second kappa shape index (κ2) is 7.12. The molecular formula is C18H17IN2O2. The second-order valence-electron chi connectivity index (χ2n) is 5.46. The first kappa shape index (κ1) is 16.0. The molecule has 3 rings (SSSR count). The number of halogens is 1. The van der Waals surface area contributed by atoms with Crippen molar-refractivity contribution in [2.24, 2.45) is 0 Å². The molecule has 0 N–H and O–H groups in total. The van der Waals surface area contributed by atoms with Crippen molar-refractivity contribution in [1.82, 2.24) is 9.80 Å². The molecule has 118 valence electrons. The average molecular weight is 420 g/mol. The number of nitrogens with zero attached hydrogens (tertiary/aromatic N) is 2. The van der Waals surface area contributed by atoms with Crippen LogP contribution in [0.4, 0.5) is 0 Å². The van der Waals surface area contributed by atoms with Crippen LogP contribution in [-0.4, -0.2) is 47.8 Å². The van der Waals surface area contributed by atoms with E-state index >= 15 is 0 Å². The summed E-state index contributed by atoms with van der Waals surface area (Å²) < 4.78 is 1.11. The lowest BCUT2D eigenvalue weighted by atomic mass is 10.1. The predicted molar refractivity (Wildman–Crippen MR) is 97.4 cm³/mol. The zero-order valence-electron chi connectivity index (χ0n) is 12.6. The van der Waals surface area contributed by atoms with Crippen LogP contribution in [0.2, 0.25) is 0 Å². The van der Waals surface area contributed by atoms with Crippen molar-refractivity contribution in [3.8, 4) is 0 Å². The summed E-state index contributed by atoms with van der Waals surface area (Å²) >= 11 is 2.22. The zero-order valence-corrected chi connectivity index (χ0v) is 14.8. The highest BCUT2D eigenvalue weighted by Gasteiger charge is 2.25. The minimum absolute atomic E-state index is 0.0342. The second-order valence-corrected chi connectivity index (χ2v) is 6.70. The van der Waals surface area contributed by atoms with Gasteiger partial charge in [0.1, 0.15) is 0 Å². The molecule has 0 radical (unpaired) electrons. The quantitative estimate of drug-likeness (QED) is 0.702. The maximum absolute atomic E-state index is 12.5. The first-order valence-corrected chi connectivity index (χ1v) is 8.62. The van der Waals surface area contributed by atoms with E-state index in [-0.39, 0.29) is 11.8 Å². The Hall–Kier alpha value is -1.89. The number of benzene rings is 2. The molecule has 0 unspecified atom stereocenters. The summed E-state index contributed by atoms with van der Waals surface area (Å²) in [5.74, 6) is 0.0696. The maximum atomic E-state index is 12.5. The van der Waals surface area contributed by atoms with Crippen LogP contribution in [0, 0.1) is 3.57 Å². The van der Waals surface area contributed by atoms with Crippen molar-refractivity contribution in [1.29, 1.82) is 0 Å². The summed E-state index contributed by atoms with van der Waals surface area (Å²) in [5, 5.41) is 0. The summed E-state index contributed by atoms with van der Waals surface area (Å²) in [6.45, 7) is 2.29. The van der Waals surface area contributed by atoms with Gasteiger partial charge in [-0.2, -0.15) is 0 Å². The highest BCUT2D eigenvalue weighted by Crippen LogP contribution is 2.13. The Bertz CT molecular complexity index is 693. The molecule has 5 heteroatoms. The minimum atomic E-state index is 0.0342. The van der Waals surface area contributed by atoms with Gasteiger partial charge in [-0.05, 0) is 59.0 Å². The smallest absolute Gasteiger partial charge is 0.253 e. The molecule has 2 amide bonds. The van der Waals surface area contributed by atoms with E-state index < -0.39 is 0 Å². The minimum Gasteiger partial charge on any atom is -0.335 e. The molecule has 0 atom stereocenters. The largest absolute Gasteiger partial charge is 0.335 e. The Morgan fingerprint density at radius 2 is 1.13 bits per heavy atom. The van der Waals surface area contributed by atoms with Gasteiger partial charge in [-0.15, -0.1) is 0 Å². The van der Waals surface area contributed by atoms with Crippen molar-refractivity contribution in [2.75, 3.05) is 26.2 Å². The molecule has 2 aromatic rings. The van der Waals surface area contributed by atoms with Gasteiger partial charge in [0.05, 0.1) is 0 Å². The number of carbonyl (C=O) groups is 2. The van der Waals surface area contributed by atoms with Crippen molar-refractivity contribution in [2.45, 2.75) is 0 Å². The van der Waals surface area contributed by atoms with Crippen molar-refractivity contribution in [3.05, 3.63) is 69.3 Å². The molecule has 0 saturated carbocycles. The van der Waals surface area contributed by atoms with E-state index in [2.05, 4.69) is 22.6 Å². The predicted octanol–water partition coefficient (Wildman–Crippen LogP) is 2.89. The van der Waals surface area contributed by atoms with Gasteiger partial charge in [0.2, 0.25) is 0 Å². The van der Waals surface area contributed by atoms with Gasteiger partial charge in [-0.1, -0.05) is 18.2 Å². The summed E-state index contributed by atoms with van der Waals surface area (Å²) in [5.41, 5.74) is 1.40. The summed E-state index contributed by atoms with van der Waals surface area (Å²) in [4.78, 5) is 28.5. The normalized spacial score (nSPS) is 14.7. The molecule has 23 heavy (non-hydrogen) atoms. The molecule has 0 spiro atoms. The van der Waals surface area contributed by atoms with Gasteiger partial charge in [0, 0.05) is 40.9 Å². The van der Waals surface area contributed by atoms with Crippen LogP contribution in [0.25, 0.3) is 0 Å². The third kappa shape index (κ3) is 3.72. The van der Waals surface area contributed by atoms with Gasteiger partial charge in [-0.3, -0.25) is 9.59 Å².